The second-order valence-electron chi connectivity index (χ2n) is 6.79. The maximum Gasteiger partial charge on any atom is 0.0478 e. The van der Waals surface area contributed by atoms with E-state index in [0.29, 0.717) is 18.6 Å². The maximum atomic E-state index is 6.18. The van der Waals surface area contributed by atoms with Crippen molar-refractivity contribution < 1.29 is 0 Å². The molecular formula is C18H30N2. The summed E-state index contributed by atoms with van der Waals surface area (Å²) in [5.41, 5.74) is 11.8. The number of rotatable bonds is 3. The van der Waals surface area contributed by atoms with Crippen LogP contribution >= 0.6 is 0 Å². The first-order chi connectivity index (χ1) is 9.43. The zero-order valence-electron chi connectivity index (χ0n) is 13.7. The Morgan fingerprint density at radius 1 is 1.15 bits per heavy atom. The number of likely N-dealkylation sites (tertiary alicyclic amines) is 1. The molecule has 0 spiro atoms. The summed E-state index contributed by atoms with van der Waals surface area (Å²) in [4.78, 5) is 2.64. The second kappa shape index (κ2) is 6.28. The molecular weight excluding hydrogens is 244 g/mol. The van der Waals surface area contributed by atoms with E-state index in [4.69, 9.17) is 5.73 Å². The van der Waals surface area contributed by atoms with Crippen molar-refractivity contribution in [1.82, 2.24) is 4.90 Å². The van der Waals surface area contributed by atoms with Crippen LogP contribution in [0.15, 0.2) is 12.1 Å². The van der Waals surface area contributed by atoms with E-state index in [-0.39, 0.29) is 0 Å². The van der Waals surface area contributed by atoms with Gasteiger partial charge in [0.05, 0.1) is 0 Å². The fourth-order valence-corrected chi connectivity index (χ4v) is 3.89. The first kappa shape index (κ1) is 15.5. The van der Waals surface area contributed by atoms with Gasteiger partial charge in [0.2, 0.25) is 0 Å². The summed E-state index contributed by atoms with van der Waals surface area (Å²) in [7, 11) is 0. The van der Waals surface area contributed by atoms with Gasteiger partial charge in [-0.15, -0.1) is 0 Å². The number of hydrogen-bond acceptors (Lipinski definition) is 2. The molecule has 0 amide bonds. The molecule has 1 aliphatic rings. The second-order valence-corrected chi connectivity index (χ2v) is 6.79. The molecule has 3 unspecified atom stereocenters. The number of benzene rings is 1. The Morgan fingerprint density at radius 2 is 1.75 bits per heavy atom. The minimum atomic E-state index is 0.369. The first-order valence-corrected chi connectivity index (χ1v) is 7.97. The molecule has 1 aromatic rings. The van der Waals surface area contributed by atoms with E-state index < -0.39 is 0 Å². The highest BCUT2D eigenvalue weighted by Gasteiger charge is 2.30. The molecule has 0 bridgehead atoms. The van der Waals surface area contributed by atoms with Gasteiger partial charge in [0.25, 0.3) is 0 Å². The van der Waals surface area contributed by atoms with Crippen molar-refractivity contribution in [1.29, 1.82) is 0 Å². The minimum Gasteiger partial charge on any atom is -0.329 e. The van der Waals surface area contributed by atoms with Crippen molar-refractivity contribution in [2.24, 2.45) is 11.7 Å². The summed E-state index contributed by atoms with van der Waals surface area (Å²) in [5, 5.41) is 0. The van der Waals surface area contributed by atoms with Crippen LogP contribution < -0.4 is 5.73 Å². The highest BCUT2D eigenvalue weighted by atomic mass is 15.2. The van der Waals surface area contributed by atoms with Crippen molar-refractivity contribution >= 4 is 0 Å². The van der Waals surface area contributed by atoms with Gasteiger partial charge >= 0.3 is 0 Å². The smallest absolute Gasteiger partial charge is 0.0478 e. The van der Waals surface area contributed by atoms with Gasteiger partial charge in [-0.05, 0) is 63.1 Å². The molecule has 0 aromatic heterocycles. The zero-order valence-corrected chi connectivity index (χ0v) is 13.7. The lowest BCUT2D eigenvalue weighted by Gasteiger charge is -2.43. The van der Waals surface area contributed by atoms with Gasteiger partial charge in [-0.1, -0.05) is 24.6 Å². The summed E-state index contributed by atoms with van der Waals surface area (Å²) in [6, 6.07) is 5.60. The van der Waals surface area contributed by atoms with Gasteiger partial charge in [-0.2, -0.15) is 0 Å². The van der Waals surface area contributed by atoms with Crippen LogP contribution in [0, 0.1) is 26.7 Å². The predicted octanol–water partition coefficient (Wildman–Crippen LogP) is 3.73. The lowest BCUT2D eigenvalue weighted by Crippen LogP contribution is -2.46. The molecule has 1 aromatic carbocycles. The summed E-state index contributed by atoms with van der Waals surface area (Å²) in [6.45, 7) is 13.2. The molecule has 1 fully saturated rings. The monoisotopic (exact) mass is 274 g/mol. The van der Waals surface area contributed by atoms with Crippen LogP contribution in [0.25, 0.3) is 0 Å². The third-order valence-electron chi connectivity index (χ3n) is 4.86. The highest BCUT2D eigenvalue weighted by molar-refractivity contribution is 5.40. The zero-order chi connectivity index (χ0) is 14.9. The molecule has 2 N–H and O–H groups in total. The van der Waals surface area contributed by atoms with Gasteiger partial charge in [0.1, 0.15) is 0 Å². The molecule has 1 aliphatic heterocycles. The van der Waals surface area contributed by atoms with E-state index in [0.717, 1.165) is 5.92 Å². The average Bonchev–Trinajstić information content (AvgIpc) is 2.37. The number of hydrogen-bond donors (Lipinski definition) is 1. The molecule has 2 rings (SSSR count). The Labute approximate surface area is 124 Å². The minimum absolute atomic E-state index is 0.369. The molecule has 2 nitrogen and oxygen atoms in total. The first-order valence-electron chi connectivity index (χ1n) is 7.97. The number of nitrogens with two attached hydrogens (primary N) is 1. The molecule has 2 heteroatoms. The Bertz CT molecular complexity index is 443. The van der Waals surface area contributed by atoms with Crippen LogP contribution in [-0.4, -0.2) is 24.0 Å². The number of nitrogens with zero attached hydrogens (tertiary/aromatic N) is 1. The molecule has 0 radical (unpaired) electrons. The molecule has 112 valence electrons. The van der Waals surface area contributed by atoms with Gasteiger partial charge in [0.15, 0.2) is 0 Å². The van der Waals surface area contributed by atoms with E-state index in [2.05, 4.69) is 51.7 Å². The standard InChI is InChI=1S/C18H30N2/c1-12-6-7-16(5)20(11-12)17(10-19)18-14(3)8-13(2)9-15(18)4/h8-9,12,16-17H,6-7,10-11,19H2,1-5H3. The third kappa shape index (κ3) is 3.07. The van der Waals surface area contributed by atoms with E-state index in [1.54, 1.807) is 0 Å². The largest absolute Gasteiger partial charge is 0.329 e. The number of aryl methyl sites for hydroxylation is 3. The van der Waals surface area contributed by atoms with Crippen LogP contribution in [0.4, 0.5) is 0 Å². The Hall–Kier alpha value is -0.860. The summed E-state index contributed by atoms with van der Waals surface area (Å²) in [6.07, 6.45) is 2.64. The normalized spacial score (nSPS) is 25.7. The lowest BCUT2D eigenvalue weighted by atomic mass is 9.88. The van der Waals surface area contributed by atoms with Crippen molar-refractivity contribution in [3.05, 3.63) is 34.4 Å². The van der Waals surface area contributed by atoms with Gasteiger partial charge in [-0.3, -0.25) is 4.90 Å². The van der Waals surface area contributed by atoms with Crippen LogP contribution in [0.5, 0.6) is 0 Å². The molecule has 0 aliphatic carbocycles. The fraction of sp³-hybridized carbons (Fsp3) is 0.667. The average molecular weight is 274 g/mol. The number of piperidine rings is 1. The third-order valence-corrected chi connectivity index (χ3v) is 4.86. The SMILES string of the molecule is Cc1cc(C)c(C(CN)N2CC(C)CCC2C)c(C)c1. The van der Waals surface area contributed by atoms with E-state index >= 15 is 0 Å². The quantitative estimate of drug-likeness (QED) is 0.910. The summed E-state index contributed by atoms with van der Waals surface area (Å²) in [5.74, 6) is 0.784. The van der Waals surface area contributed by atoms with Gasteiger partial charge < -0.3 is 5.73 Å². The Morgan fingerprint density at radius 3 is 2.30 bits per heavy atom. The van der Waals surface area contributed by atoms with Gasteiger partial charge in [0, 0.05) is 25.2 Å². The predicted molar refractivity (Wildman–Crippen MR) is 87.0 cm³/mol. The molecule has 1 heterocycles. The lowest BCUT2D eigenvalue weighted by molar-refractivity contribution is 0.0792. The summed E-state index contributed by atoms with van der Waals surface area (Å²) < 4.78 is 0. The Balaban J connectivity index is 2.37. The van der Waals surface area contributed by atoms with Crippen LogP contribution in [0.2, 0.25) is 0 Å². The van der Waals surface area contributed by atoms with Crippen LogP contribution in [0.1, 0.15) is 55.0 Å². The Kier molecular flexibility index (Phi) is 4.87. The van der Waals surface area contributed by atoms with Crippen molar-refractivity contribution in [2.75, 3.05) is 13.1 Å². The van der Waals surface area contributed by atoms with Gasteiger partial charge in [-0.25, -0.2) is 0 Å². The molecule has 20 heavy (non-hydrogen) atoms. The fourth-order valence-electron chi connectivity index (χ4n) is 3.89. The molecule has 1 saturated heterocycles. The van der Waals surface area contributed by atoms with Crippen molar-refractivity contribution in [2.45, 2.75) is 59.5 Å². The highest BCUT2D eigenvalue weighted by Crippen LogP contribution is 2.33. The van der Waals surface area contributed by atoms with E-state index in [1.165, 1.54) is 41.6 Å². The van der Waals surface area contributed by atoms with Crippen molar-refractivity contribution in [3.63, 3.8) is 0 Å². The molecule has 0 saturated carbocycles. The molecule has 3 atom stereocenters. The maximum absolute atomic E-state index is 6.18. The summed E-state index contributed by atoms with van der Waals surface area (Å²) >= 11 is 0. The topological polar surface area (TPSA) is 29.3 Å². The van der Waals surface area contributed by atoms with E-state index in [9.17, 15) is 0 Å². The van der Waals surface area contributed by atoms with Crippen LogP contribution in [-0.2, 0) is 0 Å². The van der Waals surface area contributed by atoms with Crippen LogP contribution in [0.3, 0.4) is 0 Å². The van der Waals surface area contributed by atoms with Crippen molar-refractivity contribution in [3.8, 4) is 0 Å². The van der Waals surface area contributed by atoms with E-state index in [1.807, 2.05) is 0 Å².